The molecule has 106 valence electrons. The fraction of sp³-hybridized carbons (Fsp3) is 0.312. The molecule has 2 aromatic rings. The van der Waals surface area contributed by atoms with Gasteiger partial charge < -0.3 is 11.1 Å². The first kappa shape index (κ1) is 14.8. The molecule has 1 aromatic heterocycles. The first-order chi connectivity index (χ1) is 9.70. The lowest BCUT2D eigenvalue weighted by Gasteiger charge is -2.19. The van der Waals surface area contributed by atoms with Crippen molar-refractivity contribution in [1.29, 1.82) is 0 Å². The molecule has 0 aliphatic carbocycles. The summed E-state index contributed by atoms with van der Waals surface area (Å²) in [5.74, 6) is 0.250. The average molecular weight is 288 g/mol. The maximum absolute atomic E-state index is 12.1. The van der Waals surface area contributed by atoms with Gasteiger partial charge in [-0.1, -0.05) is 43.3 Å². The highest BCUT2D eigenvalue weighted by atomic mass is 32.1. The summed E-state index contributed by atoms with van der Waals surface area (Å²) in [5, 5.41) is 5.14. The Balaban J connectivity index is 2.14. The molecule has 20 heavy (non-hydrogen) atoms. The number of carbonyl (C=O) groups is 1. The molecule has 0 radical (unpaired) electrons. The molecule has 0 aliphatic rings. The van der Waals surface area contributed by atoms with Gasteiger partial charge in [0.1, 0.15) is 0 Å². The number of carbonyl (C=O) groups excluding carboxylic acids is 1. The molecule has 0 spiro atoms. The Morgan fingerprint density at radius 3 is 2.60 bits per heavy atom. The normalized spacial score (nSPS) is 13.7. The van der Waals surface area contributed by atoms with Crippen LogP contribution in [0.5, 0.6) is 0 Å². The zero-order chi connectivity index (χ0) is 14.4. The Hall–Kier alpha value is -1.65. The van der Waals surface area contributed by atoms with E-state index in [1.165, 1.54) is 0 Å². The number of nitrogens with two attached hydrogens (primary N) is 1. The van der Waals surface area contributed by atoms with Crippen LogP contribution < -0.4 is 11.1 Å². The van der Waals surface area contributed by atoms with E-state index >= 15 is 0 Å². The summed E-state index contributed by atoms with van der Waals surface area (Å²) in [6.07, 6.45) is 0.464. The van der Waals surface area contributed by atoms with Gasteiger partial charge in [-0.15, -0.1) is 11.3 Å². The van der Waals surface area contributed by atoms with E-state index in [1.807, 2.05) is 48.7 Å². The number of amides is 1. The van der Waals surface area contributed by atoms with Crippen molar-refractivity contribution in [1.82, 2.24) is 5.32 Å². The minimum absolute atomic E-state index is 0.0465. The SMILES string of the molecule is CC(CN)CC(=O)NC(c1ccccc1)c1cccs1. The van der Waals surface area contributed by atoms with Crippen LogP contribution in [-0.2, 0) is 4.79 Å². The minimum atomic E-state index is -0.0753. The van der Waals surface area contributed by atoms with Crippen LogP contribution in [0.1, 0.15) is 29.8 Å². The zero-order valence-corrected chi connectivity index (χ0v) is 12.4. The third-order valence-corrected chi connectivity index (χ3v) is 4.14. The topological polar surface area (TPSA) is 55.1 Å². The lowest BCUT2D eigenvalue weighted by atomic mass is 10.0. The zero-order valence-electron chi connectivity index (χ0n) is 11.6. The smallest absolute Gasteiger partial charge is 0.221 e. The standard InChI is InChI=1S/C16H20N2OS/c1-12(11-17)10-15(19)18-16(14-8-5-9-20-14)13-6-3-2-4-7-13/h2-9,12,16H,10-11,17H2,1H3,(H,18,19). The van der Waals surface area contributed by atoms with E-state index in [-0.39, 0.29) is 17.9 Å². The van der Waals surface area contributed by atoms with E-state index in [4.69, 9.17) is 5.73 Å². The summed E-state index contributed by atoms with van der Waals surface area (Å²) >= 11 is 1.65. The molecule has 1 aromatic carbocycles. The molecular formula is C16H20N2OS. The van der Waals surface area contributed by atoms with Crippen molar-refractivity contribution in [3.63, 3.8) is 0 Å². The molecule has 2 atom stereocenters. The van der Waals surface area contributed by atoms with Gasteiger partial charge in [-0.3, -0.25) is 4.79 Å². The maximum Gasteiger partial charge on any atom is 0.221 e. The lowest BCUT2D eigenvalue weighted by Crippen LogP contribution is -2.31. The molecule has 0 aliphatic heterocycles. The number of hydrogen-bond acceptors (Lipinski definition) is 3. The van der Waals surface area contributed by atoms with Gasteiger partial charge in [0, 0.05) is 11.3 Å². The van der Waals surface area contributed by atoms with Gasteiger partial charge in [-0.25, -0.2) is 0 Å². The molecule has 2 rings (SSSR count). The fourth-order valence-corrected chi connectivity index (χ4v) is 2.84. The van der Waals surface area contributed by atoms with Gasteiger partial charge >= 0.3 is 0 Å². The van der Waals surface area contributed by atoms with E-state index in [0.29, 0.717) is 13.0 Å². The summed E-state index contributed by atoms with van der Waals surface area (Å²) in [5.41, 5.74) is 6.68. The Kier molecular flexibility index (Phi) is 5.32. The predicted molar refractivity (Wildman–Crippen MR) is 83.6 cm³/mol. The molecule has 0 fully saturated rings. The van der Waals surface area contributed by atoms with Gasteiger partial charge in [0.05, 0.1) is 6.04 Å². The predicted octanol–water partition coefficient (Wildman–Crippen LogP) is 2.94. The molecule has 3 nitrogen and oxygen atoms in total. The van der Waals surface area contributed by atoms with Gasteiger partial charge in [0.15, 0.2) is 0 Å². The van der Waals surface area contributed by atoms with Gasteiger partial charge in [-0.05, 0) is 29.5 Å². The van der Waals surface area contributed by atoms with Crippen LogP contribution in [0.15, 0.2) is 47.8 Å². The number of hydrogen-bond donors (Lipinski definition) is 2. The van der Waals surface area contributed by atoms with E-state index in [9.17, 15) is 4.79 Å². The van der Waals surface area contributed by atoms with Crippen LogP contribution >= 0.6 is 11.3 Å². The van der Waals surface area contributed by atoms with Gasteiger partial charge in [0.25, 0.3) is 0 Å². The molecule has 0 saturated heterocycles. The van der Waals surface area contributed by atoms with Crippen molar-refractivity contribution < 1.29 is 4.79 Å². The van der Waals surface area contributed by atoms with Crippen molar-refractivity contribution in [2.75, 3.05) is 6.54 Å². The average Bonchev–Trinajstić information content (AvgIpc) is 2.99. The van der Waals surface area contributed by atoms with Gasteiger partial charge in [0.2, 0.25) is 5.91 Å². The van der Waals surface area contributed by atoms with Crippen molar-refractivity contribution >= 4 is 17.2 Å². The lowest BCUT2D eigenvalue weighted by molar-refractivity contribution is -0.122. The molecule has 4 heteroatoms. The van der Waals surface area contributed by atoms with E-state index in [1.54, 1.807) is 11.3 Å². The third kappa shape index (κ3) is 3.92. The second kappa shape index (κ2) is 7.22. The summed E-state index contributed by atoms with van der Waals surface area (Å²) < 4.78 is 0. The Morgan fingerprint density at radius 1 is 1.25 bits per heavy atom. The van der Waals surface area contributed by atoms with Crippen molar-refractivity contribution in [2.45, 2.75) is 19.4 Å². The van der Waals surface area contributed by atoms with Crippen LogP contribution in [0.25, 0.3) is 0 Å². The van der Waals surface area contributed by atoms with Crippen LogP contribution in [0.4, 0.5) is 0 Å². The summed E-state index contributed by atoms with van der Waals surface area (Å²) in [6.45, 7) is 2.52. The van der Waals surface area contributed by atoms with Crippen molar-refractivity contribution in [3.05, 3.63) is 58.3 Å². The molecule has 1 heterocycles. The van der Waals surface area contributed by atoms with E-state index < -0.39 is 0 Å². The third-order valence-electron chi connectivity index (χ3n) is 3.20. The fourth-order valence-electron chi connectivity index (χ4n) is 2.04. The second-order valence-corrected chi connectivity index (χ2v) is 5.95. The minimum Gasteiger partial charge on any atom is -0.344 e. The van der Waals surface area contributed by atoms with Crippen LogP contribution in [0, 0.1) is 5.92 Å². The van der Waals surface area contributed by atoms with Gasteiger partial charge in [-0.2, -0.15) is 0 Å². The first-order valence-electron chi connectivity index (χ1n) is 6.78. The Bertz CT molecular complexity index is 525. The van der Waals surface area contributed by atoms with Crippen molar-refractivity contribution in [3.8, 4) is 0 Å². The number of benzene rings is 1. The highest BCUT2D eigenvalue weighted by Crippen LogP contribution is 2.26. The number of nitrogens with one attached hydrogen (secondary N) is 1. The quantitative estimate of drug-likeness (QED) is 0.858. The largest absolute Gasteiger partial charge is 0.344 e. The van der Waals surface area contributed by atoms with Crippen LogP contribution in [0.2, 0.25) is 0 Å². The van der Waals surface area contributed by atoms with Crippen LogP contribution in [0.3, 0.4) is 0 Å². The number of rotatable bonds is 6. The van der Waals surface area contributed by atoms with E-state index in [0.717, 1.165) is 10.4 Å². The monoisotopic (exact) mass is 288 g/mol. The molecular weight excluding hydrogens is 268 g/mol. The maximum atomic E-state index is 12.1. The molecule has 3 N–H and O–H groups in total. The first-order valence-corrected chi connectivity index (χ1v) is 7.66. The molecule has 0 saturated carbocycles. The highest BCUT2D eigenvalue weighted by Gasteiger charge is 2.18. The summed E-state index contributed by atoms with van der Waals surface area (Å²) in [7, 11) is 0. The van der Waals surface area contributed by atoms with E-state index in [2.05, 4.69) is 11.4 Å². The highest BCUT2D eigenvalue weighted by molar-refractivity contribution is 7.10. The summed E-state index contributed by atoms with van der Waals surface area (Å²) in [4.78, 5) is 13.3. The summed E-state index contributed by atoms with van der Waals surface area (Å²) in [6, 6.07) is 14.0. The second-order valence-electron chi connectivity index (χ2n) is 4.97. The van der Waals surface area contributed by atoms with Crippen molar-refractivity contribution in [2.24, 2.45) is 11.7 Å². The molecule has 1 amide bonds. The van der Waals surface area contributed by atoms with Crippen LogP contribution in [-0.4, -0.2) is 12.5 Å². The Labute approximate surface area is 123 Å². The Morgan fingerprint density at radius 2 is 2.00 bits per heavy atom. The number of thiophene rings is 1. The molecule has 2 unspecified atom stereocenters. The molecule has 0 bridgehead atoms.